The topological polar surface area (TPSA) is 0 Å². The smallest absolute Gasteiger partial charge is 0.0616 e. The minimum atomic E-state index is 0.569. The van der Waals surface area contributed by atoms with Gasteiger partial charge in [-0.25, -0.2) is 0 Å². The molecule has 0 saturated heterocycles. The van der Waals surface area contributed by atoms with Gasteiger partial charge in [0.05, 0.1) is 1.37 Å². The molecule has 28 heavy (non-hydrogen) atoms. The van der Waals surface area contributed by atoms with Crippen LogP contribution in [0.5, 0.6) is 0 Å². The summed E-state index contributed by atoms with van der Waals surface area (Å²) in [4.78, 5) is 0. The Labute approximate surface area is 165 Å². The van der Waals surface area contributed by atoms with E-state index in [0.717, 1.165) is 10.8 Å². The van der Waals surface area contributed by atoms with Crippen LogP contribution < -0.4 is 0 Å². The maximum atomic E-state index is 8.49. The molecule has 0 aromatic heterocycles. The largest absolute Gasteiger partial charge is 0.0629 e. The van der Waals surface area contributed by atoms with Crippen LogP contribution in [0.1, 0.15) is 1.37 Å². The minimum Gasteiger partial charge on any atom is -0.0616 e. The van der Waals surface area contributed by atoms with Gasteiger partial charge in [0, 0.05) is 0 Å². The first kappa shape index (κ1) is 14.4. The number of hydrogen-bond donors (Lipinski definition) is 0. The fraction of sp³-hybridized carbons (Fsp3) is 0. The molecule has 0 heteroatoms. The van der Waals surface area contributed by atoms with E-state index >= 15 is 0 Å². The molecule has 130 valence electrons. The van der Waals surface area contributed by atoms with E-state index in [-0.39, 0.29) is 0 Å². The predicted molar refractivity (Wildman–Crippen MR) is 122 cm³/mol. The average Bonchev–Trinajstić information content (AvgIpc) is 2.78. The first-order chi connectivity index (χ1) is 14.3. The van der Waals surface area contributed by atoms with E-state index < -0.39 is 0 Å². The summed E-state index contributed by atoms with van der Waals surface area (Å²) in [5.41, 5.74) is 2.41. The third-order valence-electron chi connectivity index (χ3n) is 5.74. The van der Waals surface area contributed by atoms with Gasteiger partial charge in [0.2, 0.25) is 0 Å². The maximum absolute atomic E-state index is 8.49. The lowest BCUT2D eigenvalue weighted by Gasteiger charge is -2.15. The molecule has 0 aliphatic rings. The summed E-state index contributed by atoms with van der Waals surface area (Å²) < 4.78 is 8.49. The molecule has 6 aromatic rings. The second kappa shape index (κ2) is 5.94. The molecule has 0 bridgehead atoms. The molecule has 6 rings (SSSR count). The van der Waals surface area contributed by atoms with E-state index in [9.17, 15) is 0 Å². The van der Waals surface area contributed by atoms with Gasteiger partial charge < -0.3 is 0 Å². The highest BCUT2D eigenvalue weighted by molar-refractivity contribution is 6.20. The molecule has 0 atom stereocenters. The molecule has 0 radical (unpaired) electrons. The maximum Gasteiger partial charge on any atom is 0.0629 e. The first-order valence-corrected chi connectivity index (χ1v) is 9.63. The molecule has 0 aliphatic carbocycles. The summed E-state index contributed by atoms with van der Waals surface area (Å²) in [7, 11) is 0. The van der Waals surface area contributed by atoms with Gasteiger partial charge in [-0.05, 0) is 66.3 Å². The van der Waals surface area contributed by atoms with Crippen LogP contribution >= 0.6 is 0 Å². The number of rotatable bonds is 1. The third kappa shape index (κ3) is 2.18. The minimum absolute atomic E-state index is 0.569. The van der Waals surface area contributed by atoms with Crippen LogP contribution in [-0.4, -0.2) is 0 Å². The third-order valence-corrected chi connectivity index (χ3v) is 5.74. The Balaban J connectivity index is 1.85. The summed E-state index contributed by atoms with van der Waals surface area (Å²) >= 11 is 0. The van der Waals surface area contributed by atoms with Crippen LogP contribution in [0.2, 0.25) is 0 Å². The lowest BCUT2D eigenvalue weighted by Crippen LogP contribution is -1.87. The first-order valence-electron chi connectivity index (χ1n) is 10.1. The van der Waals surface area contributed by atoms with Crippen LogP contribution in [0.15, 0.2) is 109 Å². The van der Waals surface area contributed by atoms with Crippen LogP contribution in [0.3, 0.4) is 0 Å². The van der Waals surface area contributed by atoms with Gasteiger partial charge in [-0.1, -0.05) is 97.0 Å². The zero-order chi connectivity index (χ0) is 19.4. The van der Waals surface area contributed by atoms with Crippen molar-refractivity contribution in [1.82, 2.24) is 0 Å². The van der Waals surface area contributed by atoms with Crippen molar-refractivity contribution >= 4 is 43.1 Å². The second-order valence-corrected chi connectivity index (χ2v) is 7.29. The molecule has 0 N–H and O–H groups in total. The zero-order valence-electron chi connectivity index (χ0n) is 16.3. The molecular weight excluding hydrogens is 336 g/mol. The standard InChI is InChI=1S/C28H18/c1-3-11-21-19(9-1)17-27(25-15-7-5-13-23(21)25)28-18-20-10-2-4-12-22(20)24-14-6-8-16-26(24)28/h1-18H/i9D. The van der Waals surface area contributed by atoms with E-state index in [0.29, 0.717) is 6.04 Å². The Bertz CT molecular complexity index is 1560. The van der Waals surface area contributed by atoms with Gasteiger partial charge in [0.15, 0.2) is 0 Å². The van der Waals surface area contributed by atoms with Crippen molar-refractivity contribution in [3.05, 3.63) is 109 Å². The second-order valence-electron chi connectivity index (χ2n) is 7.29. The highest BCUT2D eigenvalue weighted by Gasteiger charge is 2.12. The highest BCUT2D eigenvalue weighted by Crippen LogP contribution is 2.40. The Morgan fingerprint density at radius 2 is 0.821 bits per heavy atom. The fourth-order valence-corrected chi connectivity index (χ4v) is 4.48. The molecule has 0 amide bonds. The van der Waals surface area contributed by atoms with Crippen molar-refractivity contribution in [1.29, 1.82) is 0 Å². The normalized spacial score (nSPS) is 12.1. The van der Waals surface area contributed by atoms with Crippen LogP contribution in [0.25, 0.3) is 54.2 Å². The Hall–Kier alpha value is -3.64. The fourth-order valence-electron chi connectivity index (χ4n) is 4.48. The quantitative estimate of drug-likeness (QED) is 0.262. The molecular formula is C28H18. The van der Waals surface area contributed by atoms with Gasteiger partial charge in [-0.15, -0.1) is 0 Å². The van der Waals surface area contributed by atoms with Gasteiger partial charge in [-0.3, -0.25) is 0 Å². The summed E-state index contributed by atoms with van der Waals surface area (Å²) in [6.45, 7) is 0. The number of hydrogen-bond acceptors (Lipinski definition) is 0. The Kier molecular flexibility index (Phi) is 3.06. The zero-order valence-corrected chi connectivity index (χ0v) is 15.3. The van der Waals surface area contributed by atoms with Crippen molar-refractivity contribution in [2.24, 2.45) is 0 Å². The van der Waals surface area contributed by atoms with Gasteiger partial charge >= 0.3 is 0 Å². The van der Waals surface area contributed by atoms with Crippen molar-refractivity contribution < 1.29 is 1.37 Å². The summed E-state index contributed by atoms with van der Waals surface area (Å²) in [6, 6.07) is 36.8. The van der Waals surface area contributed by atoms with Gasteiger partial charge in [0.25, 0.3) is 0 Å². The Morgan fingerprint density at radius 1 is 0.393 bits per heavy atom. The number of fused-ring (bicyclic) bond motifs is 6. The predicted octanol–water partition coefficient (Wildman–Crippen LogP) is 7.97. The lowest BCUT2D eigenvalue weighted by molar-refractivity contribution is 1.71. The van der Waals surface area contributed by atoms with Crippen molar-refractivity contribution in [3.8, 4) is 11.1 Å². The van der Waals surface area contributed by atoms with E-state index in [4.69, 9.17) is 1.37 Å². The van der Waals surface area contributed by atoms with E-state index in [1.54, 1.807) is 0 Å². The molecule has 0 fully saturated rings. The summed E-state index contributed by atoms with van der Waals surface area (Å²) in [5.74, 6) is 0. The molecule has 0 aliphatic heterocycles. The lowest BCUT2D eigenvalue weighted by atomic mass is 9.89. The highest BCUT2D eigenvalue weighted by atomic mass is 14.2. The van der Waals surface area contributed by atoms with Crippen LogP contribution in [0.4, 0.5) is 0 Å². The van der Waals surface area contributed by atoms with E-state index in [2.05, 4.69) is 91.0 Å². The van der Waals surface area contributed by atoms with E-state index in [1.165, 1.54) is 43.4 Å². The Morgan fingerprint density at radius 3 is 1.46 bits per heavy atom. The molecule has 0 heterocycles. The van der Waals surface area contributed by atoms with Gasteiger partial charge in [-0.2, -0.15) is 0 Å². The van der Waals surface area contributed by atoms with E-state index in [1.807, 2.05) is 12.1 Å². The van der Waals surface area contributed by atoms with Crippen molar-refractivity contribution in [2.75, 3.05) is 0 Å². The summed E-state index contributed by atoms with van der Waals surface area (Å²) in [6.07, 6.45) is 0. The summed E-state index contributed by atoms with van der Waals surface area (Å²) in [5, 5.41) is 9.60. The molecule has 0 saturated carbocycles. The van der Waals surface area contributed by atoms with Crippen molar-refractivity contribution in [2.45, 2.75) is 0 Å². The monoisotopic (exact) mass is 355 g/mol. The average molecular weight is 355 g/mol. The molecule has 0 nitrogen and oxygen atoms in total. The van der Waals surface area contributed by atoms with Crippen LogP contribution in [0, 0.1) is 0 Å². The molecule has 0 unspecified atom stereocenters. The number of benzene rings is 6. The van der Waals surface area contributed by atoms with Crippen molar-refractivity contribution in [3.63, 3.8) is 0 Å². The van der Waals surface area contributed by atoms with Crippen LogP contribution in [-0.2, 0) is 0 Å². The SMILES string of the molecule is [2H]c1cccc2c1cc(-c1cc3ccccc3c3ccccc13)c1ccccc12. The molecule has 0 spiro atoms. The molecule has 6 aromatic carbocycles. The van der Waals surface area contributed by atoms with Gasteiger partial charge in [0.1, 0.15) is 0 Å².